The van der Waals surface area contributed by atoms with E-state index in [2.05, 4.69) is 5.32 Å². The number of carbonyl (C=O) groups excluding carboxylic acids is 2. The summed E-state index contributed by atoms with van der Waals surface area (Å²) < 4.78 is 64.7. The summed E-state index contributed by atoms with van der Waals surface area (Å²) in [7, 11) is 1.25. The first-order chi connectivity index (χ1) is 19.7. The second kappa shape index (κ2) is 11.6. The van der Waals surface area contributed by atoms with Gasteiger partial charge in [-0.2, -0.15) is 13.2 Å². The molecular weight excluding hydrogens is 540 g/mol. The van der Waals surface area contributed by atoms with E-state index in [0.717, 1.165) is 17.7 Å². The summed E-state index contributed by atoms with van der Waals surface area (Å²) in [4.78, 5) is 28.0. The fourth-order valence-electron chi connectivity index (χ4n) is 5.57. The lowest BCUT2D eigenvalue weighted by atomic mass is 9.88. The summed E-state index contributed by atoms with van der Waals surface area (Å²) >= 11 is 0. The number of nitrogens with one attached hydrogen (secondary N) is 1. The van der Waals surface area contributed by atoms with Gasteiger partial charge in [-0.3, -0.25) is 0 Å². The molecule has 1 N–H and O–H groups in total. The molecule has 10 heteroatoms. The number of hydrogen-bond donors (Lipinski definition) is 1. The molecule has 0 aromatic heterocycles. The Kier molecular flexibility index (Phi) is 8.01. The first kappa shape index (κ1) is 28.2. The first-order valence-electron chi connectivity index (χ1n) is 13.2. The second-order valence-electron chi connectivity index (χ2n) is 10.0. The molecule has 0 radical (unpaired) electrons. The lowest BCUT2D eigenvalue weighted by Gasteiger charge is -2.37. The fourth-order valence-corrected chi connectivity index (χ4v) is 5.57. The third kappa shape index (κ3) is 6.06. The van der Waals surface area contributed by atoms with Crippen molar-refractivity contribution in [2.45, 2.75) is 50.7 Å². The number of hydrogen-bond acceptors (Lipinski definition) is 4. The maximum absolute atomic E-state index is 14.3. The summed E-state index contributed by atoms with van der Waals surface area (Å²) in [6.07, 6.45) is -3.10. The predicted molar refractivity (Wildman–Crippen MR) is 143 cm³/mol. The van der Waals surface area contributed by atoms with E-state index in [1.807, 2.05) is 30.3 Å². The minimum absolute atomic E-state index is 0.113. The minimum atomic E-state index is -4.49. The van der Waals surface area contributed by atoms with Crippen molar-refractivity contribution in [3.05, 3.63) is 106 Å². The zero-order valence-corrected chi connectivity index (χ0v) is 22.2. The molecule has 3 aromatic rings. The van der Waals surface area contributed by atoms with Gasteiger partial charge in [0.25, 0.3) is 0 Å². The number of fused-ring (bicyclic) bond motifs is 2. The van der Waals surface area contributed by atoms with Crippen molar-refractivity contribution in [3.63, 3.8) is 0 Å². The maximum Gasteiger partial charge on any atom is 0.416 e. The third-order valence-corrected chi connectivity index (χ3v) is 7.44. The molecule has 1 saturated heterocycles. The molecule has 0 saturated carbocycles. The van der Waals surface area contributed by atoms with Crippen LogP contribution in [0.1, 0.15) is 41.5 Å². The Labute approximate surface area is 234 Å². The van der Waals surface area contributed by atoms with Gasteiger partial charge in [0.1, 0.15) is 18.2 Å². The monoisotopic (exact) mass is 568 g/mol. The zero-order valence-electron chi connectivity index (χ0n) is 22.2. The zero-order chi connectivity index (χ0) is 29.1. The Balaban J connectivity index is 1.42. The molecule has 0 spiro atoms. The number of benzene rings is 3. The topological polar surface area (TPSA) is 67.9 Å². The van der Waals surface area contributed by atoms with Crippen LogP contribution < -0.4 is 10.1 Å². The Bertz CT molecular complexity index is 1470. The molecule has 0 unspecified atom stereocenters. The highest BCUT2D eigenvalue weighted by molar-refractivity contribution is 6.01. The van der Waals surface area contributed by atoms with E-state index in [1.54, 1.807) is 11.0 Å². The normalized spacial score (nSPS) is 18.3. The number of methoxy groups -OCH3 is 1. The summed E-state index contributed by atoms with van der Waals surface area (Å²) in [5, 5.41) is 2.71. The number of alkyl halides is 3. The van der Waals surface area contributed by atoms with Crippen LogP contribution in [0.5, 0.6) is 5.75 Å². The lowest BCUT2D eigenvalue weighted by Crippen LogP contribution is -2.50. The average Bonchev–Trinajstić information content (AvgIpc) is 3.28. The van der Waals surface area contributed by atoms with Crippen LogP contribution in [0.25, 0.3) is 5.57 Å². The van der Waals surface area contributed by atoms with Crippen molar-refractivity contribution >= 4 is 17.6 Å². The van der Waals surface area contributed by atoms with E-state index >= 15 is 0 Å². The van der Waals surface area contributed by atoms with Gasteiger partial charge in [-0.15, -0.1) is 0 Å². The molecule has 2 amide bonds. The summed E-state index contributed by atoms with van der Waals surface area (Å²) in [5.74, 6) is -0.835. The van der Waals surface area contributed by atoms with Crippen LogP contribution in [0.3, 0.4) is 0 Å². The molecule has 5 rings (SSSR count). The second-order valence-corrected chi connectivity index (χ2v) is 10.0. The number of rotatable bonds is 7. The average molecular weight is 569 g/mol. The molecule has 214 valence electrons. The highest BCUT2D eigenvalue weighted by Crippen LogP contribution is 2.45. The Morgan fingerprint density at radius 2 is 1.73 bits per heavy atom. The van der Waals surface area contributed by atoms with Crippen LogP contribution >= 0.6 is 0 Å². The lowest BCUT2D eigenvalue weighted by molar-refractivity contribution is -0.138. The van der Waals surface area contributed by atoms with Crippen molar-refractivity contribution in [1.82, 2.24) is 10.2 Å². The highest BCUT2D eigenvalue weighted by Gasteiger charge is 2.47. The Morgan fingerprint density at radius 3 is 2.46 bits per heavy atom. The number of esters is 1. The van der Waals surface area contributed by atoms with Crippen LogP contribution in [0.15, 0.2) is 78.4 Å². The molecule has 2 heterocycles. The summed E-state index contributed by atoms with van der Waals surface area (Å²) in [6.45, 7) is 0.0767. The van der Waals surface area contributed by atoms with Crippen molar-refractivity contribution in [1.29, 1.82) is 0 Å². The van der Waals surface area contributed by atoms with Crippen molar-refractivity contribution in [3.8, 4) is 5.75 Å². The van der Waals surface area contributed by atoms with Crippen molar-refractivity contribution < 1.29 is 36.6 Å². The van der Waals surface area contributed by atoms with Gasteiger partial charge in [-0.05, 0) is 60.2 Å². The van der Waals surface area contributed by atoms with Gasteiger partial charge in [-0.25, -0.2) is 14.0 Å². The highest BCUT2D eigenvalue weighted by atomic mass is 19.4. The van der Waals surface area contributed by atoms with Crippen LogP contribution in [0.2, 0.25) is 0 Å². The Hall–Kier alpha value is -4.34. The Morgan fingerprint density at radius 1 is 0.976 bits per heavy atom. The molecule has 1 fully saturated rings. The molecule has 3 aromatic carbocycles. The number of carbonyl (C=O) groups is 2. The first-order valence-corrected chi connectivity index (χ1v) is 13.2. The molecule has 2 aliphatic heterocycles. The third-order valence-electron chi connectivity index (χ3n) is 7.44. The number of urea groups is 1. The van der Waals surface area contributed by atoms with Gasteiger partial charge in [0.05, 0.1) is 24.3 Å². The van der Waals surface area contributed by atoms with Gasteiger partial charge < -0.3 is 19.7 Å². The van der Waals surface area contributed by atoms with Crippen LogP contribution in [-0.4, -0.2) is 36.1 Å². The molecule has 2 atom stereocenters. The van der Waals surface area contributed by atoms with E-state index in [0.29, 0.717) is 36.0 Å². The van der Waals surface area contributed by atoms with Gasteiger partial charge >= 0.3 is 18.2 Å². The van der Waals surface area contributed by atoms with E-state index in [1.165, 1.54) is 31.4 Å². The number of nitrogens with zero attached hydrogens (tertiary/aromatic N) is 1. The largest absolute Gasteiger partial charge is 0.488 e. The van der Waals surface area contributed by atoms with Gasteiger partial charge in [0.2, 0.25) is 0 Å². The SMILES string of the molecule is COC(=O)C1=C(c2ccc(F)cc2OCc2ccccc2)C[C@@H]2CC[C@H]1N2C(=O)NCc1cccc(C(F)(F)F)c1. The molecule has 6 nitrogen and oxygen atoms in total. The number of amides is 2. The summed E-state index contributed by atoms with van der Waals surface area (Å²) in [6, 6.07) is 16.9. The van der Waals surface area contributed by atoms with E-state index in [4.69, 9.17) is 9.47 Å². The predicted octanol–water partition coefficient (Wildman–Crippen LogP) is 6.50. The van der Waals surface area contributed by atoms with Crippen LogP contribution in [0, 0.1) is 5.82 Å². The minimum Gasteiger partial charge on any atom is -0.488 e. The fraction of sp³-hybridized carbons (Fsp3) is 0.290. The molecular formula is C31H28F4N2O4. The smallest absolute Gasteiger partial charge is 0.416 e. The van der Waals surface area contributed by atoms with Gasteiger partial charge in [0.15, 0.2) is 0 Å². The van der Waals surface area contributed by atoms with Crippen molar-refractivity contribution in [2.24, 2.45) is 0 Å². The van der Waals surface area contributed by atoms with Gasteiger partial charge in [-0.1, -0.05) is 42.5 Å². The molecule has 2 aliphatic rings. The standard InChI is InChI=1S/C31H28F4N2O4/c1-40-29(38)28-25(24-12-10-22(32)15-27(24)41-18-19-6-3-2-4-7-19)16-23-11-13-26(28)37(23)30(39)36-17-20-8-5-9-21(14-20)31(33,34)35/h2-10,12,14-15,23,26H,11,13,16-18H2,1H3,(H,36,39)/t23-,26+/m0/s1. The van der Waals surface area contributed by atoms with Crippen LogP contribution in [-0.2, 0) is 28.9 Å². The van der Waals surface area contributed by atoms with Crippen LogP contribution in [0.4, 0.5) is 22.4 Å². The molecule has 41 heavy (non-hydrogen) atoms. The van der Waals surface area contributed by atoms with E-state index in [9.17, 15) is 27.2 Å². The quantitative estimate of drug-likeness (QED) is 0.261. The summed E-state index contributed by atoms with van der Waals surface area (Å²) in [5.41, 5.74) is 1.84. The maximum atomic E-state index is 14.3. The number of ether oxygens (including phenoxy) is 2. The van der Waals surface area contributed by atoms with E-state index in [-0.39, 0.29) is 30.5 Å². The van der Waals surface area contributed by atoms with E-state index < -0.39 is 35.6 Å². The molecule has 2 bridgehead atoms. The molecule has 0 aliphatic carbocycles. The van der Waals surface area contributed by atoms with Crippen molar-refractivity contribution in [2.75, 3.05) is 7.11 Å². The number of halogens is 4. The van der Waals surface area contributed by atoms with Gasteiger partial charge in [0, 0.05) is 24.2 Å².